The number of aromatic nitrogens is 6. The highest BCUT2D eigenvalue weighted by Gasteiger charge is 2.16. The third-order valence-corrected chi connectivity index (χ3v) is 2.31. The van der Waals surface area contributed by atoms with E-state index in [1.165, 1.54) is 15.9 Å². The zero-order chi connectivity index (χ0) is 13.0. The molecular weight excluding hydrogens is 236 g/mol. The number of aromatic amines is 1. The zero-order valence-corrected chi connectivity index (χ0v) is 9.94. The second-order valence-electron chi connectivity index (χ2n) is 3.75. The van der Waals surface area contributed by atoms with Crippen LogP contribution in [-0.2, 0) is 13.1 Å². The highest BCUT2D eigenvalue weighted by atomic mass is 16.2. The van der Waals surface area contributed by atoms with Crippen molar-refractivity contribution in [3.63, 3.8) is 0 Å². The van der Waals surface area contributed by atoms with E-state index in [9.17, 15) is 4.79 Å². The van der Waals surface area contributed by atoms with Gasteiger partial charge in [0.05, 0.1) is 19.3 Å². The van der Waals surface area contributed by atoms with Crippen LogP contribution < -0.4 is 5.73 Å². The van der Waals surface area contributed by atoms with Gasteiger partial charge in [0.2, 0.25) is 0 Å². The summed E-state index contributed by atoms with van der Waals surface area (Å²) in [6, 6.07) is 0. The van der Waals surface area contributed by atoms with Crippen molar-refractivity contribution in [2.75, 3.05) is 13.6 Å². The number of hydrogen-bond acceptors (Lipinski definition) is 6. The summed E-state index contributed by atoms with van der Waals surface area (Å²) >= 11 is 0. The van der Waals surface area contributed by atoms with Gasteiger partial charge >= 0.3 is 0 Å². The minimum absolute atomic E-state index is 0.227. The van der Waals surface area contributed by atoms with Crippen molar-refractivity contribution >= 4 is 5.91 Å². The molecule has 1 amide bonds. The minimum atomic E-state index is -0.227. The Morgan fingerprint density at radius 3 is 3.11 bits per heavy atom. The van der Waals surface area contributed by atoms with E-state index in [2.05, 4.69) is 25.5 Å². The molecule has 2 aromatic rings. The maximum absolute atomic E-state index is 12.0. The normalized spacial score (nSPS) is 10.6. The van der Waals surface area contributed by atoms with Crippen molar-refractivity contribution < 1.29 is 4.79 Å². The van der Waals surface area contributed by atoms with E-state index in [0.29, 0.717) is 25.5 Å². The number of nitrogens with zero attached hydrogens (tertiary/aromatic N) is 6. The molecule has 3 N–H and O–H groups in total. The Morgan fingerprint density at radius 1 is 1.61 bits per heavy atom. The lowest BCUT2D eigenvalue weighted by Gasteiger charge is -2.13. The van der Waals surface area contributed by atoms with Gasteiger partial charge < -0.3 is 10.6 Å². The van der Waals surface area contributed by atoms with Crippen LogP contribution in [0, 0.1) is 0 Å². The lowest BCUT2D eigenvalue weighted by Crippen LogP contribution is -2.27. The maximum atomic E-state index is 12.0. The fraction of sp³-hybridized carbons (Fsp3) is 0.444. The second kappa shape index (κ2) is 5.36. The highest BCUT2D eigenvalue weighted by Crippen LogP contribution is 2.02. The predicted octanol–water partition coefficient (Wildman–Crippen LogP) is -1.37. The molecule has 0 fully saturated rings. The SMILES string of the molecule is CN(Cc1ncn[nH]1)C(=O)c1cn(CCN)nn1. The Balaban J connectivity index is 2.01. The van der Waals surface area contributed by atoms with Gasteiger partial charge in [0, 0.05) is 13.6 Å². The summed E-state index contributed by atoms with van der Waals surface area (Å²) in [6.07, 6.45) is 2.97. The van der Waals surface area contributed by atoms with Gasteiger partial charge in [0.15, 0.2) is 5.69 Å². The van der Waals surface area contributed by atoms with Crippen LogP contribution in [0.4, 0.5) is 0 Å². The van der Waals surface area contributed by atoms with Crippen molar-refractivity contribution in [1.29, 1.82) is 0 Å². The lowest BCUT2D eigenvalue weighted by atomic mass is 10.4. The summed E-state index contributed by atoms with van der Waals surface area (Å²) in [7, 11) is 1.66. The predicted molar refractivity (Wildman–Crippen MR) is 61.3 cm³/mol. The smallest absolute Gasteiger partial charge is 0.276 e. The molecular formula is C9H14N8O. The molecule has 0 bridgehead atoms. The van der Waals surface area contributed by atoms with Crippen LogP contribution >= 0.6 is 0 Å². The fourth-order valence-electron chi connectivity index (χ4n) is 1.44. The van der Waals surface area contributed by atoms with Crippen LogP contribution in [0.5, 0.6) is 0 Å². The van der Waals surface area contributed by atoms with Gasteiger partial charge in [-0.05, 0) is 0 Å². The molecule has 0 saturated heterocycles. The van der Waals surface area contributed by atoms with E-state index in [0.717, 1.165) is 0 Å². The Labute approximate surface area is 103 Å². The molecule has 0 saturated carbocycles. The van der Waals surface area contributed by atoms with Gasteiger partial charge in [-0.25, -0.2) is 4.98 Å². The van der Waals surface area contributed by atoms with Crippen LogP contribution in [0.3, 0.4) is 0 Å². The molecule has 2 heterocycles. The standard InChI is InChI=1S/C9H14N8O/c1-16(5-8-11-6-12-14-8)9(18)7-4-17(3-2-10)15-13-7/h4,6H,2-3,5,10H2,1H3,(H,11,12,14). The molecule has 18 heavy (non-hydrogen) atoms. The van der Waals surface area contributed by atoms with Gasteiger partial charge in [-0.2, -0.15) is 5.10 Å². The maximum Gasteiger partial charge on any atom is 0.276 e. The molecule has 0 aliphatic rings. The molecule has 0 aromatic carbocycles. The Morgan fingerprint density at radius 2 is 2.44 bits per heavy atom. The van der Waals surface area contributed by atoms with Crippen LogP contribution in [0.1, 0.15) is 16.3 Å². The monoisotopic (exact) mass is 250 g/mol. The first-order valence-corrected chi connectivity index (χ1v) is 5.40. The van der Waals surface area contributed by atoms with E-state index in [1.54, 1.807) is 13.2 Å². The number of H-pyrrole nitrogens is 1. The number of amides is 1. The van der Waals surface area contributed by atoms with Gasteiger partial charge in [-0.15, -0.1) is 5.10 Å². The quantitative estimate of drug-likeness (QED) is 0.675. The first-order chi connectivity index (χ1) is 8.70. The van der Waals surface area contributed by atoms with Crippen molar-refractivity contribution in [3.8, 4) is 0 Å². The van der Waals surface area contributed by atoms with Gasteiger partial charge in [0.25, 0.3) is 5.91 Å². The summed E-state index contributed by atoms with van der Waals surface area (Å²) in [5, 5.41) is 14.0. The van der Waals surface area contributed by atoms with Crippen molar-refractivity contribution in [2.45, 2.75) is 13.1 Å². The lowest BCUT2D eigenvalue weighted by molar-refractivity contribution is 0.0775. The first kappa shape index (κ1) is 12.2. The number of carbonyl (C=O) groups excluding carboxylic acids is 1. The Bertz CT molecular complexity index is 504. The molecule has 9 nitrogen and oxygen atoms in total. The summed E-state index contributed by atoms with van der Waals surface area (Å²) in [6.45, 7) is 1.32. The van der Waals surface area contributed by atoms with Gasteiger partial charge in [-0.3, -0.25) is 14.6 Å². The summed E-state index contributed by atoms with van der Waals surface area (Å²) in [5.41, 5.74) is 5.68. The molecule has 0 atom stereocenters. The number of hydrogen-bond donors (Lipinski definition) is 2. The second-order valence-corrected chi connectivity index (χ2v) is 3.75. The third kappa shape index (κ3) is 2.69. The van der Waals surface area contributed by atoms with E-state index < -0.39 is 0 Å². The van der Waals surface area contributed by atoms with E-state index in [4.69, 9.17) is 5.73 Å². The van der Waals surface area contributed by atoms with E-state index >= 15 is 0 Å². The van der Waals surface area contributed by atoms with Crippen molar-refractivity contribution in [3.05, 3.63) is 24.0 Å². The summed E-state index contributed by atoms with van der Waals surface area (Å²) in [5.74, 6) is 0.384. The Kier molecular flexibility index (Phi) is 3.63. The minimum Gasteiger partial charge on any atom is -0.333 e. The van der Waals surface area contributed by atoms with Crippen LogP contribution in [0.2, 0.25) is 0 Å². The van der Waals surface area contributed by atoms with Crippen molar-refractivity contribution in [1.82, 2.24) is 35.1 Å². The van der Waals surface area contributed by atoms with Crippen LogP contribution in [-0.4, -0.2) is 54.6 Å². The molecule has 0 unspecified atom stereocenters. The molecule has 2 rings (SSSR count). The number of rotatable bonds is 5. The summed E-state index contributed by atoms with van der Waals surface area (Å²) < 4.78 is 1.54. The molecule has 2 aromatic heterocycles. The molecule has 0 aliphatic carbocycles. The highest BCUT2D eigenvalue weighted by molar-refractivity contribution is 5.91. The fourth-order valence-corrected chi connectivity index (χ4v) is 1.44. The summed E-state index contributed by atoms with van der Waals surface area (Å²) in [4.78, 5) is 17.4. The molecule has 0 aliphatic heterocycles. The van der Waals surface area contributed by atoms with Gasteiger partial charge in [0.1, 0.15) is 12.2 Å². The topological polar surface area (TPSA) is 119 Å². The van der Waals surface area contributed by atoms with Crippen LogP contribution in [0.25, 0.3) is 0 Å². The average molecular weight is 250 g/mol. The Hall–Kier alpha value is -2.29. The number of carbonyl (C=O) groups is 1. The van der Waals surface area contributed by atoms with E-state index in [1.807, 2.05) is 0 Å². The third-order valence-electron chi connectivity index (χ3n) is 2.31. The number of nitrogens with one attached hydrogen (secondary N) is 1. The van der Waals surface area contributed by atoms with Crippen molar-refractivity contribution in [2.24, 2.45) is 5.73 Å². The van der Waals surface area contributed by atoms with Crippen LogP contribution in [0.15, 0.2) is 12.5 Å². The molecule has 96 valence electrons. The van der Waals surface area contributed by atoms with E-state index in [-0.39, 0.29) is 11.6 Å². The molecule has 9 heteroatoms. The zero-order valence-electron chi connectivity index (χ0n) is 9.94. The largest absolute Gasteiger partial charge is 0.333 e. The first-order valence-electron chi connectivity index (χ1n) is 5.40. The van der Waals surface area contributed by atoms with Gasteiger partial charge in [-0.1, -0.05) is 5.21 Å². The molecule has 0 spiro atoms. The number of nitrogens with two attached hydrogens (primary N) is 1. The average Bonchev–Trinajstić information content (AvgIpc) is 3.00. The molecule has 0 radical (unpaired) electrons.